The first-order valence-electron chi connectivity index (χ1n) is 8.20. The lowest BCUT2D eigenvalue weighted by Crippen LogP contribution is -2.39. The smallest absolute Gasteiger partial charge is 0.315 e. The molecule has 0 aromatic heterocycles. The van der Waals surface area contributed by atoms with Crippen molar-refractivity contribution in [3.8, 4) is 0 Å². The van der Waals surface area contributed by atoms with Gasteiger partial charge in [0.1, 0.15) is 0 Å². The quantitative estimate of drug-likeness (QED) is 0.512. The number of amides is 3. The van der Waals surface area contributed by atoms with Gasteiger partial charge in [-0.3, -0.25) is 4.79 Å². The number of rotatable bonds is 6. The first-order valence-corrected chi connectivity index (χ1v) is 10.3. The Bertz CT molecular complexity index is 783. The van der Waals surface area contributed by atoms with Crippen LogP contribution in [0.4, 0.5) is 10.5 Å². The Balaban J connectivity index is 1.46. The van der Waals surface area contributed by atoms with Crippen molar-refractivity contribution in [1.82, 2.24) is 10.6 Å². The molecular formula is C16H20ClN3O4S. The van der Waals surface area contributed by atoms with Gasteiger partial charge in [-0.25, -0.2) is 13.2 Å². The van der Waals surface area contributed by atoms with E-state index in [1.54, 1.807) is 24.3 Å². The topological polar surface area (TPSA) is 104 Å². The van der Waals surface area contributed by atoms with Crippen LogP contribution in [-0.2, 0) is 14.6 Å². The van der Waals surface area contributed by atoms with Crippen LogP contribution in [0.15, 0.2) is 24.3 Å². The highest BCUT2D eigenvalue weighted by Gasteiger charge is 2.51. The fourth-order valence-electron chi connectivity index (χ4n) is 3.41. The number of hydrogen-bond donors (Lipinski definition) is 3. The Labute approximate surface area is 151 Å². The predicted octanol–water partition coefficient (Wildman–Crippen LogP) is 1.69. The van der Waals surface area contributed by atoms with Crippen LogP contribution in [0.25, 0.3) is 0 Å². The second-order valence-electron chi connectivity index (χ2n) is 6.39. The minimum atomic E-state index is -3.22. The van der Waals surface area contributed by atoms with E-state index in [9.17, 15) is 18.0 Å². The maximum Gasteiger partial charge on any atom is 0.315 e. The van der Waals surface area contributed by atoms with Crippen molar-refractivity contribution < 1.29 is 18.0 Å². The number of benzene rings is 1. The van der Waals surface area contributed by atoms with E-state index in [0.29, 0.717) is 30.0 Å². The molecule has 7 nitrogen and oxygen atoms in total. The zero-order valence-corrected chi connectivity index (χ0v) is 15.1. The summed E-state index contributed by atoms with van der Waals surface area (Å²) < 4.78 is 24.4. The van der Waals surface area contributed by atoms with E-state index in [4.69, 9.17) is 11.6 Å². The SMILES string of the molecule is O=C(CCCC[C@@H]1[C@H]2NC(=O)N[C@@H]2CS1(=O)=O)Nc1ccccc1Cl. The number of anilines is 1. The molecule has 3 atom stereocenters. The number of carbonyl (C=O) groups excluding carboxylic acids is 2. The first kappa shape index (κ1) is 18.0. The molecular weight excluding hydrogens is 366 g/mol. The molecule has 9 heteroatoms. The summed E-state index contributed by atoms with van der Waals surface area (Å²) in [5.74, 6) is -0.176. The van der Waals surface area contributed by atoms with Crippen LogP contribution in [0.5, 0.6) is 0 Å². The first-order chi connectivity index (χ1) is 11.9. The number of hydrogen-bond acceptors (Lipinski definition) is 4. The lowest BCUT2D eigenvalue weighted by molar-refractivity contribution is -0.116. The summed E-state index contributed by atoms with van der Waals surface area (Å²) in [5.41, 5.74) is 0.565. The van der Waals surface area contributed by atoms with Gasteiger partial charge in [0.25, 0.3) is 0 Å². The number of para-hydroxylation sites is 1. The van der Waals surface area contributed by atoms with E-state index in [1.165, 1.54) is 0 Å². The van der Waals surface area contributed by atoms with Gasteiger partial charge in [0.2, 0.25) is 5.91 Å². The highest BCUT2D eigenvalue weighted by molar-refractivity contribution is 7.92. The van der Waals surface area contributed by atoms with Crippen molar-refractivity contribution in [3.63, 3.8) is 0 Å². The molecule has 25 heavy (non-hydrogen) atoms. The highest BCUT2D eigenvalue weighted by atomic mass is 35.5. The largest absolute Gasteiger partial charge is 0.332 e. The van der Waals surface area contributed by atoms with E-state index in [-0.39, 0.29) is 36.2 Å². The van der Waals surface area contributed by atoms with Gasteiger partial charge in [0.05, 0.1) is 33.8 Å². The molecule has 0 unspecified atom stereocenters. The minimum Gasteiger partial charge on any atom is -0.332 e. The molecule has 3 amide bonds. The molecule has 3 N–H and O–H groups in total. The van der Waals surface area contributed by atoms with E-state index >= 15 is 0 Å². The second-order valence-corrected chi connectivity index (χ2v) is 9.06. The second kappa shape index (κ2) is 7.21. The molecule has 136 valence electrons. The van der Waals surface area contributed by atoms with Crippen LogP contribution in [0.2, 0.25) is 5.02 Å². The van der Waals surface area contributed by atoms with Crippen LogP contribution in [0.1, 0.15) is 25.7 Å². The third-order valence-electron chi connectivity index (χ3n) is 4.61. The summed E-state index contributed by atoms with van der Waals surface area (Å²) in [5, 5.41) is 7.96. The Morgan fingerprint density at radius 1 is 1.24 bits per heavy atom. The number of nitrogens with one attached hydrogen (secondary N) is 3. The molecule has 1 aromatic rings. The van der Waals surface area contributed by atoms with Gasteiger partial charge in [-0.05, 0) is 25.0 Å². The van der Waals surface area contributed by atoms with Crippen LogP contribution < -0.4 is 16.0 Å². The van der Waals surface area contributed by atoms with E-state index in [0.717, 1.165) is 0 Å². The maximum absolute atomic E-state index is 12.2. The average molecular weight is 386 g/mol. The Morgan fingerprint density at radius 3 is 2.76 bits per heavy atom. The number of sulfone groups is 1. The standard InChI is InChI=1S/C16H20ClN3O4S/c17-10-5-1-2-6-11(10)18-14(21)8-4-3-7-13-15-12(9-25(13,23)24)19-16(22)20-15/h1-2,5-6,12-13,15H,3-4,7-9H2,(H,18,21)(H2,19,20,22)/t12-,13-,15+/m1/s1. The minimum absolute atomic E-state index is 0.0198. The molecule has 0 bridgehead atoms. The molecule has 2 saturated heterocycles. The van der Waals surface area contributed by atoms with Crippen molar-refractivity contribution in [2.75, 3.05) is 11.1 Å². The molecule has 2 aliphatic rings. The van der Waals surface area contributed by atoms with Crippen LogP contribution in [0, 0.1) is 0 Å². The number of halogens is 1. The molecule has 0 aliphatic carbocycles. The fourth-order valence-corrected chi connectivity index (χ4v) is 5.86. The zero-order chi connectivity index (χ0) is 18.0. The van der Waals surface area contributed by atoms with E-state index in [1.807, 2.05) is 0 Å². The zero-order valence-electron chi connectivity index (χ0n) is 13.5. The van der Waals surface area contributed by atoms with Crippen LogP contribution >= 0.6 is 11.6 Å². The van der Waals surface area contributed by atoms with Crippen molar-refractivity contribution in [1.29, 1.82) is 0 Å². The van der Waals surface area contributed by atoms with Crippen molar-refractivity contribution in [2.45, 2.75) is 43.0 Å². The van der Waals surface area contributed by atoms with Gasteiger partial charge >= 0.3 is 6.03 Å². The average Bonchev–Trinajstić information content (AvgIpc) is 2.98. The lowest BCUT2D eigenvalue weighted by atomic mass is 10.0. The third kappa shape index (κ3) is 4.07. The monoisotopic (exact) mass is 385 g/mol. The predicted molar refractivity (Wildman–Crippen MR) is 95.4 cm³/mol. The maximum atomic E-state index is 12.2. The molecule has 2 heterocycles. The molecule has 0 spiro atoms. The van der Waals surface area contributed by atoms with Crippen LogP contribution in [-0.4, -0.2) is 43.4 Å². The van der Waals surface area contributed by atoms with Crippen LogP contribution in [0.3, 0.4) is 0 Å². The van der Waals surface area contributed by atoms with Crippen molar-refractivity contribution >= 4 is 39.1 Å². The third-order valence-corrected chi connectivity index (χ3v) is 7.22. The van der Waals surface area contributed by atoms with E-state index in [2.05, 4.69) is 16.0 Å². The summed E-state index contributed by atoms with van der Waals surface area (Å²) in [4.78, 5) is 23.3. The van der Waals surface area contributed by atoms with Gasteiger partial charge in [-0.1, -0.05) is 30.2 Å². The van der Waals surface area contributed by atoms with Gasteiger partial charge < -0.3 is 16.0 Å². The molecule has 2 fully saturated rings. The Hall–Kier alpha value is -1.80. The molecule has 2 aliphatic heterocycles. The molecule has 3 rings (SSSR count). The van der Waals surface area contributed by atoms with Gasteiger partial charge in [-0.15, -0.1) is 0 Å². The summed E-state index contributed by atoms with van der Waals surface area (Å²) in [6, 6.07) is 5.97. The number of urea groups is 1. The number of unbranched alkanes of at least 4 members (excludes halogenated alkanes) is 1. The summed E-state index contributed by atoms with van der Waals surface area (Å²) >= 11 is 5.99. The lowest BCUT2D eigenvalue weighted by Gasteiger charge is -2.16. The Morgan fingerprint density at radius 2 is 2.00 bits per heavy atom. The fraction of sp³-hybridized carbons (Fsp3) is 0.500. The normalized spacial score (nSPS) is 26.6. The van der Waals surface area contributed by atoms with Gasteiger partial charge in [0.15, 0.2) is 9.84 Å². The van der Waals surface area contributed by atoms with Gasteiger partial charge in [-0.2, -0.15) is 0 Å². The van der Waals surface area contributed by atoms with Crippen molar-refractivity contribution in [2.24, 2.45) is 0 Å². The highest BCUT2D eigenvalue weighted by Crippen LogP contribution is 2.28. The molecule has 0 saturated carbocycles. The summed E-state index contributed by atoms with van der Waals surface area (Å²) in [6.07, 6.45) is 1.89. The van der Waals surface area contributed by atoms with Crippen molar-refractivity contribution in [3.05, 3.63) is 29.3 Å². The van der Waals surface area contributed by atoms with Gasteiger partial charge in [0, 0.05) is 6.42 Å². The summed E-state index contributed by atoms with van der Waals surface area (Å²) in [6.45, 7) is 0. The summed E-state index contributed by atoms with van der Waals surface area (Å²) in [7, 11) is -3.22. The number of carbonyl (C=O) groups is 2. The molecule has 0 radical (unpaired) electrons. The number of fused-ring (bicyclic) bond motifs is 1. The Kier molecular flexibility index (Phi) is 5.19. The van der Waals surface area contributed by atoms with E-state index < -0.39 is 15.1 Å². The molecule has 1 aromatic carbocycles.